The van der Waals surface area contributed by atoms with Gasteiger partial charge in [0.25, 0.3) is 11.8 Å². The van der Waals surface area contributed by atoms with Crippen LogP contribution in [0.5, 0.6) is 11.5 Å². The van der Waals surface area contributed by atoms with E-state index in [0.717, 1.165) is 15.6 Å². The Morgan fingerprint density at radius 1 is 1.08 bits per heavy atom. The first-order valence-electron chi connectivity index (χ1n) is 12.3. The quantitative estimate of drug-likeness (QED) is 0.249. The van der Waals surface area contributed by atoms with Crippen LogP contribution in [0.3, 0.4) is 0 Å². The van der Waals surface area contributed by atoms with Gasteiger partial charge in [-0.3, -0.25) is 14.5 Å². The third-order valence-electron chi connectivity index (χ3n) is 5.59. The number of likely N-dealkylation sites (N-methyl/N-ethyl adjacent to an activating group) is 1. The van der Waals surface area contributed by atoms with Gasteiger partial charge >= 0.3 is 0 Å². The highest BCUT2D eigenvalue weighted by Crippen LogP contribution is 2.36. The molecule has 1 fully saturated rings. The predicted octanol–water partition coefficient (Wildman–Crippen LogP) is 7.45. The number of ether oxygens (including phenoxy) is 2. The second-order valence-corrected chi connectivity index (χ2v) is 10.8. The third kappa shape index (κ3) is 7.44. The Bertz CT molecular complexity index is 1440. The first-order chi connectivity index (χ1) is 18.8. The predicted molar refractivity (Wildman–Crippen MR) is 162 cm³/mol. The molecule has 0 saturated carbocycles. The summed E-state index contributed by atoms with van der Waals surface area (Å²) in [5.41, 5.74) is 3.23. The second kappa shape index (κ2) is 13.2. The van der Waals surface area contributed by atoms with Gasteiger partial charge in [-0.25, -0.2) is 4.99 Å². The standard InChI is InChI=1S/C29H27BrClN3O4S/c1-4-34-28(36)26(39-29(34)33-21-11-12-22(30)23(31)16-21)15-19-8-13-24(25(14-19)37-5-2)38-17-27(35)32-20-9-6-18(3)7-10-20/h6-16H,4-5,17H2,1-3H3,(H,32,35)/b26-15+,33-29?. The monoisotopic (exact) mass is 627 g/mol. The fraction of sp³-hybridized carbons (Fsp3) is 0.207. The molecule has 1 aliphatic rings. The molecular weight excluding hydrogens is 602 g/mol. The summed E-state index contributed by atoms with van der Waals surface area (Å²) in [6.07, 6.45) is 1.79. The zero-order valence-electron chi connectivity index (χ0n) is 21.7. The van der Waals surface area contributed by atoms with E-state index in [0.29, 0.717) is 51.1 Å². The summed E-state index contributed by atoms with van der Waals surface area (Å²) < 4.78 is 12.3. The smallest absolute Gasteiger partial charge is 0.266 e. The molecule has 2 amide bonds. The fourth-order valence-electron chi connectivity index (χ4n) is 3.67. The average molecular weight is 629 g/mol. The number of nitrogens with one attached hydrogen (secondary N) is 1. The minimum absolute atomic E-state index is 0.129. The summed E-state index contributed by atoms with van der Waals surface area (Å²) in [6, 6.07) is 18.3. The topological polar surface area (TPSA) is 80.2 Å². The largest absolute Gasteiger partial charge is 0.490 e. The normalized spacial score (nSPS) is 15.2. The Morgan fingerprint density at radius 3 is 2.54 bits per heavy atom. The van der Waals surface area contributed by atoms with Gasteiger partial charge < -0.3 is 14.8 Å². The van der Waals surface area contributed by atoms with Crippen LogP contribution in [0.4, 0.5) is 11.4 Å². The van der Waals surface area contributed by atoms with Crippen LogP contribution in [0.1, 0.15) is 25.0 Å². The maximum atomic E-state index is 13.1. The number of carbonyl (C=O) groups is 2. The van der Waals surface area contributed by atoms with Gasteiger partial charge in [0, 0.05) is 16.7 Å². The molecule has 0 radical (unpaired) electrons. The van der Waals surface area contributed by atoms with Crippen molar-refractivity contribution in [2.45, 2.75) is 20.8 Å². The molecule has 1 aliphatic heterocycles. The molecule has 0 bridgehead atoms. The number of carbonyl (C=O) groups excluding carboxylic acids is 2. The van der Waals surface area contributed by atoms with Gasteiger partial charge in [-0.2, -0.15) is 0 Å². The van der Waals surface area contributed by atoms with Crippen LogP contribution in [-0.4, -0.2) is 41.6 Å². The van der Waals surface area contributed by atoms with E-state index in [1.807, 2.05) is 63.2 Å². The molecule has 0 unspecified atom stereocenters. The molecule has 3 aromatic carbocycles. The van der Waals surface area contributed by atoms with E-state index in [9.17, 15) is 9.59 Å². The number of anilines is 1. The summed E-state index contributed by atoms with van der Waals surface area (Å²) in [5.74, 6) is 0.513. The van der Waals surface area contributed by atoms with Crippen molar-refractivity contribution in [2.24, 2.45) is 4.99 Å². The average Bonchev–Trinajstić information content (AvgIpc) is 3.20. The number of benzene rings is 3. The number of hydrogen-bond donors (Lipinski definition) is 1. The van der Waals surface area contributed by atoms with Gasteiger partial charge in [0.05, 0.1) is 22.2 Å². The van der Waals surface area contributed by atoms with Crippen LogP contribution in [0.25, 0.3) is 6.08 Å². The van der Waals surface area contributed by atoms with E-state index in [1.165, 1.54) is 11.8 Å². The molecule has 0 atom stereocenters. The highest BCUT2D eigenvalue weighted by molar-refractivity contribution is 9.10. The van der Waals surface area contributed by atoms with E-state index in [2.05, 4.69) is 26.2 Å². The van der Waals surface area contributed by atoms with Crippen molar-refractivity contribution in [3.63, 3.8) is 0 Å². The fourth-order valence-corrected chi connectivity index (χ4v) is 5.15. The lowest BCUT2D eigenvalue weighted by atomic mass is 10.2. The number of aryl methyl sites for hydroxylation is 1. The van der Waals surface area contributed by atoms with Gasteiger partial charge in [-0.15, -0.1) is 0 Å². The lowest BCUT2D eigenvalue weighted by molar-refractivity contribution is -0.122. The number of rotatable bonds is 9. The van der Waals surface area contributed by atoms with Crippen LogP contribution in [0, 0.1) is 6.92 Å². The number of amides is 2. The molecule has 1 saturated heterocycles. The van der Waals surface area contributed by atoms with Gasteiger partial charge in [0.2, 0.25) is 0 Å². The zero-order chi connectivity index (χ0) is 27.9. The van der Waals surface area contributed by atoms with E-state index in [4.69, 9.17) is 21.1 Å². The summed E-state index contributed by atoms with van der Waals surface area (Å²) in [7, 11) is 0. The van der Waals surface area contributed by atoms with Crippen molar-refractivity contribution in [1.82, 2.24) is 4.90 Å². The molecule has 4 rings (SSSR count). The van der Waals surface area contributed by atoms with Crippen LogP contribution >= 0.6 is 39.3 Å². The highest BCUT2D eigenvalue weighted by atomic mass is 79.9. The number of halogens is 2. The Labute approximate surface area is 245 Å². The number of aliphatic imine (C=N–C) groups is 1. The number of amidine groups is 1. The Kier molecular flexibility index (Phi) is 9.72. The van der Waals surface area contributed by atoms with Gasteiger partial charge in [-0.05, 0) is 103 Å². The van der Waals surface area contributed by atoms with Crippen molar-refractivity contribution >= 4 is 73.7 Å². The Morgan fingerprint density at radius 2 is 1.85 bits per heavy atom. The first kappa shape index (κ1) is 28.7. The minimum Gasteiger partial charge on any atom is -0.490 e. The maximum Gasteiger partial charge on any atom is 0.266 e. The van der Waals surface area contributed by atoms with Crippen LogP contribution < -0.4 is 14.8 Å². The van der Waals surface area contributed by atoms with Crippen LogP contribution in [0.2, 0.25) is 5.02 Å². The molecule has 1 heterocycles. The summed E-state index contributed by atoms with van der Waals surface area (Å²) >= 11 is 10.9. The number of hydrogen-bond acceptors (Lipinski definition) is 6. The molecule has 39 heavy (non-hydrogen) atoms. The van der Waals surface area contributed by atoms with Crippen LogP contribution in [0.15, 0.2) is 75.0 Å². The third-order valence-corrected chi connectivity index (χ3v) is 7.83. The Balaban J connectivity index is 1.50. The van der Waals surface area contributed by atoms with Crippen molar-refractivity contribution in [1.29, 1.82) is 0 Å². The molecule has 0 aromatic heterocycles. The number of nitrogens with zero attached hydrogens (tertiary/aromatic N) is 2. The zero-order valence-corrected chi connectivity index (χ0v) is 24.8. The summed E-state index contributed by atoms with van der Waals surface area (Å²) in [6.45, 7) is 6.47. The van der Waals surface area contributed by atoms with Gasteiger partial charge in [0.1, 0.15) is 0 Å². The highest BCUT2D eigenvalue weighted by Gasteiger charge is 2.32. The second-order valence-electron chi connectivity index (χ2n) is 8.49. The molecule has 7 nitrogen and oxygen atoms in total. The van der Waals surface area contributed by atoms with Gasteiger partial charge in [0.15, 0.2) is 23.3 Å². The molecule has 0 spiro atoms. The van der Waals surface area contributed by atoms with Gasteiger partial charge in [-0.1, -0.05) is 35.4 Å². The van der Waals surface area contributed by atoms with E-state index in [1.54, 1.807) is 29.2 Å². The minimum atomic E-state index is -0.279. The molecule has 1 N–H and O–H groups in total. The van der Waals surface area contributed by atoms with Crippen molar-refractivity contribution in [3.8, 4) is 11.5 Å². The van der Waals surface area contributed by atoms with E-state index >= 15 is 0 Å². The SMILES string of the molecule is CCOc1cc(/C=C2/SC(=Nc3ccc(Br)c(Cl)c3)N(CC)C2=O)ccc1OCC(=O)Nc1ccc(C)cc1. The first-order valence-corrected chi connectivity index (χ1v) is 14.3. The molecule has 202 valence electrons. The van der Waals surface area contributed by atoms with Crippen LogP contribution in [-0.2, 0) is 9.59 Å². The lowest BCUT2D eigenvalue weighted by Crippen LogP contribution is -2.28. The summed E-state index contributed by atoms with van der Waals surface area (Å²) in [5, 5.41) is 3.94. The van der Waals surface area contributed by atoms with Crippen molar-refractivity contribution in [2.75, 3.05) is 25.1 Å². The molecular formula is C29H27BrClN3O4S. The molecule has 3 aromatic rings. The van der Waals surface area contributed by atoms with Crippen molar-refractivity contribution < 1.29 is 19.1 Å². The maximum absolute atomic E-state index is 13.1. The van der Waals surface area contributed by atoms with E-state index < -0.39 is 0 Å². The van der Waals surface area contributed by atoms with E-state index in [-0.39, 0.29) is 18.4 Å². The summed E-state index contributed by atoms with van der Waals surface area (Å²) in [4.78, 5) is 32.3. The Hall–Kier alpha value is -3.27. The van der Waals surface area contributed by atoms with Crippen molar-refractivity contribution in [3.05, 3.63) is 86.2 Å². The molecule has 0 aliphatic carbocycles. The molecule has 10 heteroatoms. The number of thioether (sulfide) groups is 1. The lowest BCUT2D eigenvalue weighted by Gasteiger charge is -2.13.